The van der Waals surface area contributed by atoms with Crippen molar-refractivity contribution in [2.75, 3.05) is 23.0 Å². The molecule has 0 atom stereocenters. The molecular formula is C14H19O12S5-3. The van der Waals surface area contributed by atoms with Crippen LogP contribution < -0.4 is 0 Å². The summed E-state index contributed by atoms with van der Waals surface area (Å²) in [6.45, 7) is 1.50. The molecule has 1 aromatic carbocycles. The molecule has 0 heterocycles. The smallest absolute Gasteiger partial charge is 0.191 e. The summed E-state index contributed by atoms with van der Waals surface area (Å²) in [6, 6.07) is 5.87. The van der Waals surface area contributed by atoms with Crippen molar-refractivity contribution in [3.05, 3.63) is 29.8 Å². The summed E-state index contributed by atoms with van der Waals surface area (Å²) in [5, 5.41) is 0. The molecule has 0 aliphatic rings. The van der Waals surface area contributed by atoms with Gasteiger partial charge in [0.1, 0.15) is 5.78 Å². The molecule has 12 nitrogen and oxygen atoms in total. The zero-order valence-corrected chi connectivity index (χ0v) is 20.1. The largest absolute Gasteiger partial charge is 0.748 e. The van der Waals surface area contributed by atoms with E-state index in [2.05, 4.69) is 0 Å². The van der Waals surface area contributed by atoms with Crippen molar-refractivity contribution in [2.45, 2.75) is 24.7 Å². The molecule has 0 saturated heterocycles. The van der Waals surface area contributed by atoms with Crippen molar-refractivity contribution < 1.29 is 52.1 Å². The number of hydrogen-bond acceptors (Lipinski definition) is 13. The number of aryl methyl sites for hydroxylation is 1. The number of carbonyl (C=O) groups is 1. The van der Waals surface area contributed by atoms with Gasteiger partial charge in [0.15, 0.2) is 28.1 Å². The van der Waals surface area contributed by atoms with Gasteiger partial charge in [0, 0.05) is 23.7 Å². The van der Waals surface area contributed by atoms with Crippen molar-refractivity contribution in [1.82, 2.24) is 0 Å². The summed E-state index contributed by atoms with van der Waals surface area (Å²) in [6.07, 6.45) is 0.495. The monoisotopic (exact) mass is 539 g/mol. The summed E-state index contributed by atoms with van der Waals surface area (Å²) in [5.74, 6) is 0.561. The summed E-state index contributed by atoms with van der Waals surface area (Å²) in [7, 11) is -19.0. The lowest BCUT2D eigenvalue weighted by Gasteiger charge is -2.09. The Balaban J connectivity index is 0.000000954. The van der Waals surface area contributed by atoms with E-state index >= 15 is 0 Å². The van der Waals surface area contributed by atoms with Crippen molar-refractivity contribution in [1.29, 1.82) is 0 Å². The lowest BCUT2D eigenvalue weighted by atomic mass is 10.2. The predicted molar refractivity (Wildman–Crippen MR) is 109 cm³/mol. The highest BCUT2D eigenvalue weighted by atomic mass is 33.2. The lowest BCUT2D eigenvalue weighted by molar-refractivity contribution is -0.116. The second-order valence-electron chi connectivity index (χ2n) is 5.86. The molecule has 0 unspecified atom stereocenters. The van der Waals surface area contributed by atoms with E-state index in [1.54, 1.807) is 0 Å². The normalized spacial score (nSPS) is 12.6. The molecule has 0 amide bonds. The van der Waals surface area contributed by atoms with Crippen LogP contribution in [0.15, 0.2) is 29.2 Å². The molecule has 0 aromatic heterocycles. The zero-order chi connectivity index (χ0) is 24.5. The molecule has 1 aromatic rings. The molecule has 0 fully saturated rings. The first-order valence-corrected chi connectivity index (χ1v) is 15.8. The van der Waals surface area contributed by atoms with Crippen LogP contribution in [-0.4, -0.2) is 76.1 Å². The van der Waals surface area contributed by atoms with E-state index in [1.165, 1.54) is 43.0 Å². The Morgan fingerprint density at radius 3 is 1.68 bits per heavy atom. The Kier molecular flexibility index (Phi) is 11.8. The van der Waals surface area contributed by atoms with Crippen LogP contribution >= 0.6 is 11.8 Å². The molecule has 0 saturated carbocycles. The van der Waals surface area contributed by atoms with Crippen LogP contribution in [0.3, 0.4) is 0 Å². The predicted octanol–water partition coefficient (Wildman–Crippen LogP) is -0.748. The molecule has 0 spiro atoms. The standard InChI is InChI=1S/C14H20O6S3.H2O6S2/c1-12(15)6-8-21-9-11-22(16,17)14-4-2-13(3-5-14)7-10-23(18,19)20;1-7(2,3)8(4,5)6/h2-5H,6-11H2,1H3,(H,18,19,20);(H,1,2,3)(H,4,5,6)/p-3. The highest BCUT2D eigenvalue weighted by molar-refractivity contribution is 8.62. The van der Waals surface area contributed by atoms with Gasteiger partial charge in [-0.25, -0.2) is 33.7 Å². The van der Waals surface area contributed by atoms with Gasteiger partial charge < -0.3 is 13.7 Å². The molecule has 0 radical (unpaired) electrons. The SMILES string of the molecule is CC(=O)CCSCCS(=O)(=O)c1ccc(CCS(=O)(=O)[O-])cc1.O=S(=O)([O-])S(=O)(=O)[O-]. The molecule has 0 aliphatic carbocycles. The van der Waals surface area contributed by atoms with E-state index in [9.17, 15) is 52.1 Å². The maximum atomic E-state index is 12.1. The minimum atomic E-state index is -5.67. The number of hydrogen-bond donors (Lipinski definition) is 0. The summed E-state index contributed by atoms with van der Waals surface area (Å²) < 4.78 is 111. The number of ketones is 1. The van der Waals surface area contributed by atoms with Crippen LogP contribution in [-0.2, 0) is 49.5 Å². The van der Waals surface area contributed by atoms with E-state index in [0.29, 0.717) is 23.5 Å². The molecule has 31 heavy (non-hydrogen) atoms. The Morgan fingerprint density at radius 2 is 1.29 bits per heavy atom. The molecule has 0 bridgehead atoms. The van der Waals surface area contributed by atoms with Crippen molar-refractivity contribution in [3.8, 4) is 0 Å². The highest BCUT2D eigenvalue weighted by Gasteiger charge is 2.14. The fraction of sp³-hybridized carbons (Fsp3) is 0.500. The van der Waals surface area contributed by atoms with Crippen LogP contribution in [0, 0.1) is 0 Å². The molecule has 17 heteroatoms. The maximum Gasteiger partial charge on any atom is 0.191 e. The Morgan fingerprint density at radius 1 is 0.806 bits per heavy atom. The topological polar surface area (TPSA) is 223 Å². The maximum absolute atomic E-state index is 12.1. The first-order valence-electron chi connectivity index (χ1n) is 8.09. The fourth-order valence-corrected chi connectivity index (χ4v) is 4.97. The third-order valence-electron chi connectivity index (χ3n) is 3.27. The van der Waals surface area contributed by atoms with E-state index in [-0.39, 0.29) is 22.9 Å². The third-order valence-corrected chi connectivity index (χ3v) is 8.95. The van der Waals surface area contributed by atoms with Crippen LogP contribution in [0.4, 0.5) is 0 Å². The van der Waals surface area contributed by atoms with Gasteiger partial charge in [0.25, 0.3) is 0 Å². The minimum absolute atomic E-state index is 0.0240. The zero-order valence-electron chi connectivity index (χ0n) is 16.0. The first-order chi connectivity index (χ1) is 13.8. The van der Waals surface area contributed by atoms with E-state index in [0.717, 1.165) is 0 Å². The van der Waals surface area contributed by atoms with Gasteiger partial charge in [0.2, 0.25) is 0 Å². The highest BCUT2D eigenvalue weighted by Crippen LogP contribution is 2.15. The number of sulfone groups is 1. The molecule has 0 N–H and O–H groups in total. The van der Waals surface area contributed by atoms with Gasteiger partial charge in [-0.05, 0) is 31.0 Å². The first kappa shape index (κ1) is 29.9. The van der Waals surface area contributed by atoms with E-state index < -0.39 is 44.0 Å². The quantitative estimate of drug-likeness (QED) is 0.192. The number of carbonyl (C=O) groups excluding carboxylic acids is 1. The van der Waals surface area contributed by atoms with Crippen molar-refractivity contribution in [2.24, 2.45) is 0 Å². The van der Waals surface area contributed by atoms with Crippen molar-refractivity contribution >= 4 is 55.8 Å². The van der Waals surface area contributed by atoms with Crippen LogP contribution in [0.2, 0.25) is 0 Å². The van der Waals surface area contributed by atoms with Gasteiger partial charge in [-0.3, -0.25) is 4.79 Å². The van der Waals surface area contributed by atoms with Gasteiger partial charge in [-0.15, -0.1) is 0 Å². The van der Waals surface area contributed by atoms with Gasteiger partial charge in [-0.1, -0.05) is 12.1 Å². The van der Waals surface area contributed by atoms with Crippen LogP contribution in [0.5, 0.6) is 0 Å². The van der Waals surface area contributed by atoms with Gasteiger partial charge >= 0.3 is 0 Å². The van der Waals surface area contributed by atoms with Crippen LogP contribution in [0.1, 0.15) is 18.9 Å². The van der Waals surface area contributed by atoms with Gasteiger partial charge in [0.05, 0.1) is 20.8 Å². The van der Waals surface area contributed by atoms with E-state index in [4.69, 9.17) is 0 Å². The number of Topliss-reactive ketones (excluding diaryl/α,β-unsaturated/α-hetero) is 1. The number of thioether (sulfide) groups is 1. The van der Waals surface area contributed by atoms with Crippen LogP contribution in [0.25, 0.3) is 0 Å². The molecule has 180 valence electrons. The number of rotatable bonds is 11. The minimum Gasteiger partial charge on any atom is -0.748 e. The molecule has 0 aliphatic heterocycles. The fourth-order valence-electron chi connectivity index (χ4n) is 1.71. The molecular weight excluding hydrogens is 520 g/mol. The number of benzene rings is 1. The Bertz CT molecular complexity index is 1120. The second kappa shape index (κ2) is 12.2. The summed E-state index contributed by atoms with van der Waals surface area (Å²) in [4.78, 5) is 10.9. The Hall–Kier alpha value is -1.08. The van der Waals surface area contributed by atoms with Crippen molar-refractivity contribution in [3.63, 3.8) is 0 Å². The molecule has 1 rings (SSSR count). The summed E-state index contributed by atoms with van der Waals surface area (Å²) in [5.41, 5.74) is 0.596. The Labute approximate surface area is 185 Å². The lowest BCUT2D eigenvalue weighted by Crippen LogP contribution is -2.12. The second-order valence-corrected chi connectivity index (χ2v) is 14.8. The average Bonchev–Trinajstić information content (AvgIpc) is 2.58. The third kappa shape index (κ3) is 13.8. The summed E-state index contributed by atoms with van der Waals surface area (Å²) >= 11 is 1.42. The average molecular weight is 540 g/mol. The van der Waals surface area contributed by atoms with Gasteiger partial charge in [-0.2, -0.15) is 11.8 Å². The van der Waals surface area contributed by atoms with E-state index in [1.807, 2.05) is 0 Å².